The van der Waals surface area contributed by atoms with Gasteiger partial charge in [0.05, 0.1) is 15.4 Å². The predicted molar refractivity (Wildman–Crippen MR) is 65.1 cm³/mol. The third-order valence-corrected chi connectivity index (χ3v) is 5.17. The van der Waals surface area contributed by atoms with E-state index in [9.17, 15) is 21.6 Å². The summed E-state index contributed by atoms with van der Waals surface area (Å²) in [6.45, 7) is 1.59. The van der Waals surface area contributed by atoms with Crippen molar-refractivity contribution in [3.8, 4) is 0 Å². The fourth-order valence-corrected chi connectivity index (χ4v) is 4.05. The highest BCUT2D eigenvalue weighted by atomic mass is 32.2. The van der Waals surface area contributed by atoms with Crippen LogP contribution in [0.3, 0.4) is 0 Å². The highest BCUT2D eigenvalue weighted by Crippen LogP contribution is 2.42. The van der Waals surface area contributed by atoms with E-state index in [0.717, 1.165) is 6.07 Å². The zero-order chi connectivity index (χ0) is 14.4. The van der Waals surface area contributed by atoms with Gasteiger partial charge in [0.1, 0.15) is 0 Å². The van der Waals surface area contributed by atoms with Crippen molar-refractivity contribution < 1.29 is 21.6 Å². The fourth-order valence-electron chi connectivity index (χ4n) is 2.04. The summed E-state index contributed by atoms with van der Waals surface area (Å²) < 4.78 is 63.2. The molecule has 3 nitrogen and oxygen atoms in total. The molecule has 19 heavy (non-hydrogen) atoms. The molecule has 7 heteroatoms. The van der Waals surface area contributed by atoms with Crippen LogP contribution >= 0.6 is 0 Å². The molecule has 1 aromatic rings. The minimum atomic E-state index is -4.69. The van der Waals surface area contributed by atoms with Crippen molar-refractivity contribution in [1.82, 2.24) is 5.32 Å². The van der Waals surface area contributed by atoms with Crippen LogP contribution in [0.15, 0.2) is 28.0 Å². The number of likely N-dealkylation sites (N-methyl/N-ethyl adjacent to an activating group) is 1. The van der Waals surface area contributed by atoms with E-state index in [1.807, 2.05) is 0 Å². The van der Waals surface area contributed by atoms with Gasteiger partial charge in [-0.05, 0) is 31.7 Å². The number of rotatable bonds is 2. The number of benzene rings is 1. The van der Waals surface area contributed by atoms with Crippen LogP contribution in [0.4, 0.5) is 13.2 Å². The zero-order valence-corrected chi connectivity index (χ0v) is 11.1. The van der Waals surface area contributed by atoms with E-state index in [1.54, 1.807) is 14.0 Å². The standard InChI is InChI=1S/C12H12F3NO2S/c1-7(16-2)10-6-8-4-3-5-9(12(13,14)15)11(8)19(10,17)18/h3-7,16H,1-2H3. The van der Waals surface area contributed by atoms with Crippen LogP contribution in [0.2, 0.25) is 0 Å². The molecule has 0 saturated heterocycles. The molecule has 1 unspecified atom stereocenters. The monoisotopic (exact) mass is 291 g/mol. The van der Waals surface area contributed by atoms with Gasteiger partial charge in [-0.1, -0.05) is 12.1 Å². The average molecular weight is 291 g/mol. The van der Waals surface area contributed by atoms with Crippen LogP contribution in [-0.4, -0.2) is 21.5 Å². The number of hydrogen-bond donors (Lipinski definition) is 1. The van der Waals surface area contributed by atoms with Crippen molar-refractivity contribution in [2.24, 2.45) is 0 Å². The number of sulfone groups is 1. The summed E-state index contributed by atoms with van der Waals surface area (Å²) in [7, 11) is -2.54. The van der Waals surface area contributed by atoms with Crippen molar-refractivity contribution in [2.45, 2.75) is 24.0 Å². The minimum Gasteiger partial charge on any atom is -0.313 e. The summed E-state index contributed by atoms with van der Waals surface area (Å²) in [5.41, 5.74) is -1.02. The van der Waals surface area contributed by atoms with E-state index in [1.165, 1.54) is 18.2 Å². The molecule has 1 N–H and O–H groups in total. The molecule has 104 valence electrons. The van der Waals surface area contributed by atoms with Gasteiger partial charge in [0.2, 0.25) is 9.84 Å². The quantitative estimate of drug-likeness (QED) is 0.910. The lowest BCUT2D eigenvalue weighted by molar-refractivity contribution is -0.139. The van der Waals surface area contributed by atoms with Crippen molar-refractivity contribution in [3.05, 3.63) is 34.2 Å². The SMILES string of the molecule is CNC(C)C1=Cc2cccc(C(F)(F)F)c2S1(=O)=O. The molecule has 1 aromatic carbocycles. The average Bonchev–Trinajstić information content (AvgIpc) is 2.59. The Morgan fingerprint density at radius 1 is 1.26 bits per heavy atom. The summed E-state index contributed by atoms with van der Waals surface area (Å²) in [5, 5.41) is 2.73. The molecule has 1 heterocycles. The van der Waals surface area contributed by atoms with Crippen LogP contribution < -0.4 is 5.32 Å². The lowest BCUT2D eigenvalue weighted by atomic mass is 10.1. The zero-order valence-electron chi connectivity index (χ0n) is 10.2. The highest BCUT2D eigenvalue weighted by Gasteiger charge is 2.42. The van der Waals surface area contributed by atoms with Gasteiger partial charge < -0.3 is 5.32 Å². The second-order valence-electron chi connectivity index (χ2n) is 4.28. The summed E-state index contributed by atoms with van der Waals surface area (Å²) in [6.07, 6.45) is -3.40. The first-order valence-electron chi connectivity index (χ1n) is 5.53. The Morgan fingerprint density at radius 3 is 2.42 bits per heavy atom. The summed E-state index contributed by atoms with van der Waals surface area (Å²) in [4.78, 5) is -0.679. The summed E-state index contributed by atoms with van der Waals surface area (Å²) >= 11 is 0. The Hall–Kier alpha value is -1.34. The molecule has 1 atom stereocenters. The Morgan fingerprint density at radius 2 is 1.89 bits per heavy atom. The molecule has 0 saturated carbocycles. The van der Waals surface area contributed by atoms with E-state index in [4.69, 9.17) is 0 Å². The second-order valence-corrected chi connectivity index (χ2v) is 6.17. The Bertz CT molecular complexity index is 647. The Balaban J connectivity index is 2.69. The molecule has 0 fully saturated rings. The first kappa shape index (κ1) is 14.1. The van der Waals surface area contributed by atoms with Crippen molar-refractivity contribution in [3.63, 3.8) is 0 Å². The van der Waals surface area contributed by atoms with Crippen molar-refractivity contribution in [1.29, 1.82) is 0 Å². The minimum absolute atomic E-state index is 0.0401. The lowest BCUT2D eigenvalue weighted by Crippen LogP contribution is -2.27. The Labute approximate surface area is 109 Å². The largest absolute Gasteiger partial charge is 0.417 e. The first-order valence-corrected chi connectivity index (χ1v) is 7.02. The van der Waals surface area contributed by atoms with Crippen molar-refractivity contribution >= 4 is 15.9 Å². The maximum absolute atomic E-state index is 12.9. The molecular weight excluding hydrogens is 279 g/mol. The molecule has 0 bridgehead atoms. The highest BCUT2D eigenvalue weighted by molar-refractivity contribution is 7.96. The number of halogens is 3. The van der Waals surface area contributed by atoms with E-state index in [0.29, 0.717) is 0 Å². The van der Waals surface area contributed by atoms with Crippen LogP contribution in [0, 0.1) is 0 Å². The smallest absolute Gasteiger partial charge is 0.313 e. The van der Waals surface area contributed by atoms with Crippen LogP contribution in [0.5, 0.6) is 0 Å². The van der Waals surface area contributed by atoms with Gasteiger partial charge in [-0.3, -0.25) is 0 Å². The Kier molecular flexibility index (Phi) is 3.22. The number of fused-ring (bicyclic) bond motifs is 1. The predicted octanol–water partition coefficient (Wildman–Crippen LogP) is 2.44. The maximum Gasteiger partial charge on any atom is 0.417 e. The first-order chi connectivity index (χ1) is 8.69. The molecule has 1 aliphatic heterocycles. The fraction of sp³-hybridized carbons (Fsp3) is 0.333. The van der Waals surface area contributed by atoms with E-state index in [2.05, 4.69) is 5.32 Å². The number of alkyl halides is 3. The normalized spacial score (nSPS) is 18.9. The van der Waals surface area contributed by atoms with E-state index >= 15 is 0 Å². The molecule has 0 aliphatic carbocycles. The molecule has 1 aliphatic rings. The van der Waals surface area contributed by atoms with Crippen LogP contribution in [-0.2, 0) is 16.0 Å². The third kappa shape index (κ3) is 2.17. The number of hydrogen-bond acceptors (Lipinski definition) is 3. The number of nitrogens with one attached hydrogen (secondary N) is 1. The molecule has 0 aromatic heterocycles. The molecule has 2 rings (SSSR count). The van der Waals surface area contributed by atoms with Crippen LogP contribution in [0.1, 0.15) is 18.1 Å². The molecule has 0 radical (unpaired) electrons. The van der Waals surface area contributed by atoms with E-state index < -0.39 is 32.5 Å². The molecule has 0 spiro atoms. The van der Waals surface area contributed by atoms with Crippen molar-refractivity contribution in [2.75, 3.05) is 7.05 Å². The third-order valence-electron chi connectivity index (χ3n) is 3.09. The van der Waals surface area contributed by atoms with Gasteiger partial charge in [-0.25, -0.2) is 8.42 Å². The van der Waals surface area contributed by atoms with Gasteiger partial charge in [-0.15, -0.1) is 0 Å². The van der Waals surface area contributed by atoms with Gasteiger partial charge in [-0.2, -0.15) is 13.2 Å². The molecular formula is C12H12F3NO2S. The van der Waals surface area contributed by atoms with Gasteiger partial charge >= 0.3 is 6.18 Å². The van der Waals surface area contributed by atoms with Gasteiger partial charge in [0.25, 0.3) is 0 Å². The van der Waals surface area contributed by atoms with Crippen LogP contribution in [0.25, 0.3) is 6.08 Å². The van der Waals surface area contributed by atoms with Gasteiger partial charge in [0, 0.05) is 6.04 Å². The lowest BCUT2D eigenvalue weighted by Gasteiger charge is -2.14. The maximum atomic E-state index is 12.9. The topological polar surface area (TPSA) is 46.2 Å². The van der Waals surface area contributed by atoms with Gasteiger partial charge in [0.15, 0.2) is 0 Å². The summed E-state index contributed by atoms with van der Waals surface area (Å²) in [6, 6.07) is 2.83. The summed E-state index contributed by atoms with van der Waals surface area (Å²) in [5.74, 6) is 0. The second kappa shape index (κ2) is 4.35. The molecule has 0 amide bonds. The van der Waals surface area contributed by atoms with E-state index in [-0.39, 0.29) is 10.5 Å².